The van der Waals surface area contributed by atoms with E-state index in [1.165, 1.54) is 0 Å². The van der Waals surface area contributed by atoms with Crippen molar-refractivity contribution in [2.24, 2.45) is 0 Å². The van der Waals surface area contributed by atoms with Gasteiger partial charge in [0.2, 0.25) is 12.7 Å². The Morgan fingerprint density at radius 1 is 1.22 bits per heavy atom. The smallest absolute Gasteiger partial charge is 0.231 e. The molecule has 0 spiro atoms. The summed E-state index contributed by atoms with van der Waals surface area (Å²) in [7, 11) is 0. The zero-order chi connectivity index (χ0) is 16.2. The maximum absolute atomic E-state index is 12.1. The van der Waals surface area contributed by atoms with E-state index in [1.807, 2.05) is 49.4 Å². The zero-order valence-corrected chi connectivity index (χ0v) is 14.4. The summed E-state index contributed by atoms with van der Waals surface area (Å²) in [5.41, 5.74) is 2.15. The molecule has 0 fully saturated rings. The van der Waals surface area contributed by atoms with Crippen LogP contribution in [0.4, 0.5) is 0 Å². The lowest BCUT2D eigenvalue weighted by atomic mass is 10.1. The van der Waals surface area contributed by atoms with Gasteiger partial charge in [-0.1, -0.05) is 34.1 Å². The molecule has 0 saturated heterocycles. The fourth-order valence-corrected chi connectivity index (χ4v) is 2.94. The Kier molecular flexibility index (Phi) is 4.86. The molecular formula is C18H18BrNO3. The number of rotatable bonds is 5. The van der Waals surface area contributed by atoms with Gasteiger partial charge in [0.05, 0.1) is 6.04 Å². The maximum Gasteiger partial charge on any atom is 0.231 e. The number of halogens is 1. The lowest BCUT2D eigenvalue weighted by molar-refractivity contribution is -0.121. The van der Waals surface area contributed by atoms with E-state index in [2.05, 4.69) is 21.2 Å². The summed E-state index contributed by atoms with van der Waals surface area (Å²) in [6.07, 6.45) is 1.12. The van der Waals surface area contributed by atoms with Gasteiger partial charge in [-0.25, -0.2) is 0 Å². The van der Waals surface area contributed by atoms with Crippen LogP contribution >= 0.6 is 15.9 Å². The number of hydrogen-bond acceptors (Lipinski definition) is 3. The van der Waals surface area contributed by atoms with Gasteiger partial charge in [0.15, 0.2) is 11.5 Å². The second-order valence-corrected chi connectivity index (χ2v) is 6.45. The van der Waals surface area contributed by atoms with Crippen molar-refractivity contribution in [2.75, 3.05) is 6.79 Å². The third kappa shape index (κ3) is 4.05. The SMILES string of the molecule is C[C@@H](NC(=O)CCc1ccc2c(c1)OCO2)c1cccc(Br)c1. The van der Waals surface area contributed by atoms with E-state index < -0.39 is 0 Å². The molecule has 1 aliphatic rings. The fraction of sp³-hybridized carbons (Fsp3) is 0.278. The van der Waals surface area contributed by atoms with E-state index in [1.54, 1.807) is 0 Å². The number of hydrogen-bond donors (Lipinski definition) is 1. The molecule has 23 heavy (non-hydrogen) atoms. The number of amides is 1. The van der Waals surface area contributed by atoms with Crippen molar-refractivity contribution < 1.29 is 14.3 Å². The molecule has 3 rings (SSSR count). The molecule has 1 N–H and O–H groups in total. The van der Waals surface area contributed by atoms with E-state index in [4.69, 9.17) is 9.47 Å². The van der Waals surface area contributed by atoms with Crippen molar-refractivity contribution in [2.45, 2.75) is 25.8 Å². The third-order valence-corrected chi connectivity index (χ3v) is 4.30. The first kappa shape index (κ1) is 15.9. The average Bonchev–Trinajstić information content (AvgIpc) is 3.00. The predicted octanol–water partition coefficient (Wildman–Crippen LogP) is 3.99. The van der Waals surface area contributed by atoms with Crippen molar-refractivity contribution in [1.82, 2.24) is 5.32 Å². The van der Waals surface area contributed by atoms with Gasteiger partial charge in [0.25, 0.3) is 0 Å². The Morgan fingerprint density at radius 2 is 2.04 bits per heavy atom. The Morgan fingerprint density at radius 3 is 2.87 bits per heavy atom. The largest absolute Gasteiger partial charge is 0.454 e. The van der Waals surface area contributed by atoms with Crippen molar-refractivity contribution in [3.63, 3.8) is 0 Å². The lowest BCUT2D eigenvalue weighted by Crippen LogP contribution is -2.26. The first-order valence-corrected chi connectivity index (χ1v) is 8.34. The number of carbonyl (C=O) groups is 1. The molecule has 1 atom stereocenters. The molecule has 0 bridgehead atoms. The molecule has 2 aromatic rings. The first-order valence-electron chi connectivity index (χ1n) is 7.55. The van der Waals surface area contributed by atoms with Crippen LogP contribution in [0.3, 0.4) is 0 Å². The van der Waals surface area contributed by atoms with Gasteiger partial charge in [-0.05, 0) is 48.7 Å². The number of fused-ring (bicyclic) bond motifs is 1. The number of carbonyl (C=O) groups excluding carboxylic acids is 1. The number of nitrogens with one attached hydrogen (secondary N) is 1. The van der Waals surface area contributed by atoms with Gasteiger partial charge >= 0.3 is 0 Å². The van der Waals surface area contributed by atoms with Gasteiger partial charge in [-0.2, -0.15) is 0 Å². The van der Waals surface area contributed by atoms with Gasteiger partial charge < -0.3 is 14.8 Å². The molecule has 1 heterocycles. The van der Waals surface area contributed by atoms with Crippen LogP contribution in [0.1, 0.15) is 30.5 Å². The summed E-state index contributed by atoms with van der Waals surface area (Å²) in [4.78, 5) is 12.1. The highest BCUT2D eigenvalue weighted by atomic mass is 79.9. The molecule has 1 aliphatic heterocycles. The highest BCUT2D eigenvalue weighted by molar-refractivity contribution is 9.10. The predicted molar refractivity (Wildman–Crippen MR) is 91.6 cm³/mol. The van der Waals surface area contributed by atoms with E-state index in [0.717, 1.165) is 27.1 Å². The summed E-state index contributed by atoms with van der Waals surface area (Å²) in [5.74, 6) is 1.56. The molecule has 2 aromatic carbocycles. The molecule has 1 amide bonds. The summed E-state index contributed by atoms with van der Waals surface area (Å²) in [6.45, 7) is 2.25. The highest BCUT2D eigenvalue weighted by Gasteiger charge is 2.14. The van der Waals surface area contributed by atoms with Gasteiger partial charge in [0.1, 0.15) is 0 Å². The van der Waals surface area contributed by atoms with Crippen molar-refractivity contribution in [3.8, 4) is 11.5 Å². The summed E-state index contributed by atoms with van der Waals surface area (Å²) in [6, 6.07) is 13.7. The van der Waals surface area contributed by atoms with Crippen LogP contribution in [0.5, 0.6) is 11.5 Å². The maximum atomic E-state index is 12.1. The van der Waals surface area contributed by atoms with E-state index >= 15 is 0 Å². The second kappa shape index (κ2) is 7.04. The molecule has 0 unspecified atom stereocenters. The van der Waals surface area contributed by atoms with Crippen molar-refractivity contribution in [1.29, 1.82) is 0 Å². The normalized spacial score (nSPS) is 13.7. The minimum absolute atomic E-state index is 0.0169. The minimum atomic E-state index is -0.0169. The zero-order valence-electron chi connectivity index (χ0n) is 12.8. The van der Waals surface area contributed by atoms with Gasteiger partial charge in [-0.15, -0.1) is 0 Å². The Bertz CT molecular complexity index is 717. The van der Waals surface area contributed by atoms with Crippen LogP contribution in [0.15, 0.2) is 46.9 Å². The summed E-state index contributed by atoms with van der Waals surface area (Å²) < 4.78 is 11.6. The van der Waals surface area contributed by atoms with E-state index in [0.29, 0.717) is 12.8 Å². The van der Waals surface area contributed by atoms with Crippen LogP contribution < -0.4 is 14.8 Å². The quantitative estimate of drug-likeness (QED) is 0.859. The van der Waals surface area contributed by atoms with Gasteiger partial charge in [-0.3, -0.25) is 4.79 Å². The molecule has 0 saturated carbocycles. The molecule has 0 aliphatic carbocycles. The highest BCUT2D eigenvalue weighted by Crippen LogP contribution is 2.32. The molecule has 4 nitrogen and oxygen atoms in total. The van der Waals surface area contributed by atoms with E-state index in [-0.39, 0.29) is 18.7 Å². The van der Waals surface area contributed by atoms with Crippen LogP contribution in [-0.4, -0.2) is 12.7 Å². The Labute approximate surface area is 143 Å². The van der Waals surface area contributed by atoms with Crippen molar-refractivity contribution >= 4 is 21.8 Å². The minimum Gasteiger partial charge on any atom is -0.454 e. The molecule has 0 radical (unpaired) electrons. The van der Waals surface area contributed by atoms with Crippen LogP contribution in [-0.2, 0) is 11.2 Å². The first-order chi connectivity index (χ1) is 11.1. The van der Waals surface area contributed by atoms with Gasteiger partial charge in [0, 0.05) is 10.9 Å². The monoisotopic (exact) mass is 375 g/mol. The molecular weight excluding hydrogens is 358 g/mol. The van der Waals surface area contributed by atoms with Crippen LogP contribution in [0.2, 0.25) is 0 Å². The number of ether oxygens (including phenoxy) is 2. The Hall–Kier alpha value is -2.01. The van der Waals surface area contributed by atoms with E-state index in [9.17, 15) is 4.79 Å². The van der Waals surface area contributed by atoms with Crippen LogP contribution in [0.25, 0.3) is 0 Å². The fourth-order valence-electron chi connectivity index (χ4n) is 2.53. The molecule has 5 heteroatoms. The number of benzene rings is 2. The lowest BCUT2D eigenvalue weighted by Gasteiger charge is -2.14. The third-order valence-electron chi connectivity index (χ3n) is 3.80. The van der Waals surface area contributed by atoms with Crippen LogP contribution in [0, 0.1) is 0 Å². The number of aryl methyl sites for hydroxylation is 1. The van der Waals surface area contributed by atoms with Crippen molar-refractivity contribution in [3.05, 3.63) is 58.1 Å². The average molecular weight is 376 g/mol. The molecule has 120 valence electrons. The topological polar surface area (TPSA) is 47.6 Å². The molecule has 0 aromatic heterocycles. The second-order valence-electron chi connectivity index (χ2n) is 5.53. The Balaban J connectivity index is 1.53. The standard InChI is InChI=1S/C18H18BrNO3/c1-12(14-3-2-4-15(19)10-14)20-18(21)8-6-13-5-7-16-17(9-13)23-11-22-16/h2-5,7,9-10,12H,6,8,11H2,1H3,(H,20,21)/t12-/m1/s1. The summed E-state index contributed by atoms with van der Waals surface area (Å²) >= 11 is 3.45. The summed E-state index contributed by atoms with van der Waals surface area (Å²) in [5, 5.41) is 3.03.